The zero-order chi connectivity index (χ0) is 14.8. The van der Waals surface area contributed by atoms with Crippen molar-refractivity contribution in [1.82, 2.24) is 0 Å². The van der Waals surface area contributed by atoms with Gasteiger partial charge in [0.25, 0.3) is 0 Å². The number of nitrogens with zero attached hydrogens (tertiary/aromatic N) is 2. The molecule has 0 amide bonds. The average molecular weight is 290 g/mol. The summed E-state index contributed by atoms with van der Waals surface area (Å²) in [6.45, 7) is 2.18. The molecule has 1 aromatic carbocycles. The van der Waals surface area contributed by atoms with E-state index in [0.29, 0.717) is 18.9 Å². The third-order valence-electron chi connectivity index (χ3n) is 4.20. The Hall–Kier alpha value is -2.11. The largest absolute Gasteiger partial charge is 0.465 e. The van der Waals surface area contributed by atoms with Crippen molar-refractivity contribution in [3.63, 3.8) is 0 Å². The van der Waals surface area contributed by atoms with Crippen molar-refractivity contribution in [1.29, 1.82) is 0 Å². The Morgan fingerprint density at radius 3 is 2.81 bits per heavy atom. The minimum atomic E-state index is -0.720. The molecule has 0 spiro atoms. The number of benzene rings is 1. The van der Waals surface area contributed by atoms with Crippen LogP contribution in [0.4, 0.5) is 5.69 Å². The molecule has 0 aromatic heterocycles. The quantitative estimate of drug-likeness (QED) is 0.469. The zero-order valence-corrected chi connectivity index (χ0v) is 11.7. The third-order valence-corrected chi connectivity index (χ3v) is 4.20. The fourth-order valence-corrected chi connectivity index (χ4v) is 2.82. The van der Waals surface area contributed by atoms with E-state index in [1.807, 2.05) is 18.2 Å². The van der Waals surface area contributed by atoms with Crippen LogP contribution in [0.2, 0.25) is 0 Å². The van der Waals surface area contributed by atoms with Crippen LogP contribution >= 0.6 is 0 Å². The molecule has 2 fully saturated rings. The summed E-state index contributed by atoms with van der Waals surface area (Å²) in [7, 11) is 0. The van der Waals surface area contributed by atoms with E-state index >= 15 is 0 Å². The predicted molar refractivity (Wildman–Crippen MR) is 76.6 cm³/mol. The Morgan fingerprint density at radius 1 is 1.38 bits per heavy atom. The van der Waals surface area contributed by atoms with Gasteiger partial charge in [-0.3, -0.25) is 14.9 Å². The van der Waals surface area contributed by atoms with Crippen molar-refractivity contribution >= 4 is 11.7 Å². The number of hydrogen-bond acceptors (Lipinski definition) is 5. The topological polar surface area (TPSA) is 72.7 Å². The van der Waals surface area contributed by atoms with Crippen molar-refractivity contribution in [3.8, 4) is 0 Å². The molecule has 0 unspecified atom stereocenters. The first-order valence-electron chi connectivity index (χ1n) is 7.25. The molecule has 0 bridgehead atoms. The molecule has 1 aliphatic heterocycles. The zero-order valence-electron chi connectivity index (χ0n) is 11.7. The highest BCUT2D eigenvalue weighted by atomic mass is 16.6. The number of esters is 1. The molecule has 2 aliphatic rings. The molecule has 1 aromatic rings. The average Bonchev–Trinajstić information content (AvgIpc) is 3.17. The summed E-state index contributed by atoms with van der Waals surface area (Å²) < 4.78 is 5.24. The van der Waals surface area contributed by atoms with Crippen LogP contribution in [0.3, 0.4) is 0 Å². The molecule has 6 nitrogen and oxygen atoms in total. The highest BCUT2D eigenvalue weighted by Crippen LogP contribution is 2.34. The van der Waals surface area contributed by atoms with Crippen LogP contribution in [0.15, 0.2) is 30.3 Å². The summed E-state index contributed by atoms with van der Waals surface area (Å²) in [6, 6.07) is 9.42. The number of para-hydroxylation sites is 1. The first-order valence-corrected chi connectivity index (χ1v) is 7.25. The second kappa shape index (κ2) is 5.71. The molecule has 112 valence electrons. The first-order chi connectivity index (χ1) is 10.1. The molecule has 3 atom stereocenters. The minimum absolute atomic E-state index is 0.307. The molecule has 1 heterocycles. The lowest BCUT2D eigenvalue weighted by Crippen LogP contribution is -2.22. The van der Waals surface area contributed by atoms with E-state index in [0.717, 1.165) is 19.5 Å². The van der Waals surface area contributed by atoms with Crippen molar-refractivity contribution in [3.05, 3.63) is 40.4 Å². The maximum atomic E-state index is 11.7. The molecular formula is C15H18N2O4. The lowest BCUT2D eigenvalue weighted by Gasteiger charge is -2.18. The van der Waals surface area contributed by atoms with Crippen LogP contribution < -0.4 is 4.90 Å². The van der Waals surface area contributed by atoms with E-state index in [9.17, 15) is 14.9 Å². The van der Waals surface area contributed by atoms with Crippen LogP contribution in [-0.4, -0.2) is 36.6 Å². The van der Waals surface area contributed by atoms with Gasteiger partial charge in [-0.15, -0.1) is 0 Å². The first kappa shape index (κ1) is 13.9. The number of nitro groups is 1. The van der Waals surface area contributed by atoms with Crippen molar-refractivity contribution in [2.45, 2.75) is 18.9 Å². The van der Waals surface area contributed by atoms with Gasteiger partial charge in [0, 0.05) is 36.0 Å². The number of carbonyl (C=O) groups excluding carboxylic acids is 1. The Kier molecular flexibility index (Phi) is 3.77. The summed E-state index contributed by atoms with van der Waals surface area (Å²) in [5.41, 5.74) is 1.18. The lowest BCUT2D eigenvalue weighted by molar-refractivity contribution is -0.497. The van der Waals surface area contributed by atoms with Crippen LogP contribution in [-0.2, 0) is 9.53 Å². The normalized spacial score (nSPS) is 27.4. The van der Waals surface area contributed by atoms with E-state index in [1.54, 1.807) is 0 Å². The fraction of sp³-hybridized carbons (Fsp3) is 0.533. The molecular weight excluding hydrogens is 272 g/mol. The molecule has 1 saturated carbocycles. The van der Waals surface area contributed by atoms with Gasteiger partial charge in [0.05, 0.1) is 6.61 Å². The molecule has 0 radical (unpaired) electrons. The SMILES string of the molecule is O=C(OC[C@@H]1CCN(c2ccccc2)C1)[C@H]1C[C@@H]1[N+](=O)[O-]. The van der Waals surface area contributed by atoms with Gasteiger partial charge in [0.15, 0.2) is 0 Å². The third kappa shape index (κ3) is 3.15. The van der Waals surface area contributed by atoms with E-state index in [2.05, 4.69) is 17.0 Å². The van der Waals surface area contributed by atoms with Crippen molar-refractivity contribution in [2.24, 2.45) is 11.8 Å². The highest BCUT2D eigenvalue weighted by Gasteiger charge is 2.54. The van der Waals surface area contributed by atoms with Gasteiger partial charge in [0.2, 0.25) is 6.04 Å². The standard InChI is InChI=1S/C15H18N2O4/c18-15(13-8-14(13)17(19)20)21-10-11-6-7-16(9-11)12-4-2-1-3-5-12/h1-5,11,13-14H,6-10H2/t11-,13+,14+/m1/s1. The van der Waals surface area contributed by atoms with Gasteiger partial charge in [-0.1, -0.05) is 18.2 Å². The predicted octanol–water partition coefficient (Wildman–Crippen LogP) is 1.72. The van der Waals surface area contributed by atoms with Crippen LogP contribution in [0.5, 0.6) is 0 Å². The maximum absolute atomic E-state index is 11.7. The molecule has 1 aliphatic carbocycles. The van der Waals surface area contributed by atoms with E-state index < -0.39 is 22.9 Å². The van der Waals surface area contributed by atoms with Crippen molar-refractivity contribution in [2.75, 3.05) is 24.6 Å². The Bertz CT molecular complexity index is 534. The van der Waals surface area contributed by atoms with Gasteiger partial charge in [-0.05, 0) is 18.6 Å². The summed E-state index contributed by atoms with van der Waals surface area (Å²) in [5.74, 6) is -0.622. The summed E-state index contributed by atoms with van der Waals surface area (Å²) in [5, 5.41) is 10.5. The van der Waals surface area contributed by atoms with E-state index in [4.69, 9.17) is 4.74 Å². The molecule has 6 heteroatoms. The van der Waals surface area contributed by atoms with Gasteiger partial charge < -0.3 is 9.64 Å². The Labute approximate surface area is 122 Å². The maximum Gasteiger partial charge on any atom is 0.316 e. The molecule has 0 N–H and O–H groups in total. The second-order valence-electron chi connectivity index (χ2n) is 5.76. The summed E-state index contributed by atoms with van der Waals surface area (Å²) in [4.78, 5) is 24.1. The fourth-order valence-electron chi connectivity index (χ4n) is 2.82. The van der Waals surface area contributed by atoms with Crippen LogP contribution in [0, 0.1) is 22.0 Å². The summed E-state index contributed by atoms with van der Waals surface area (Å²) in [6.07, 6.45) is 1.30. The smallest absolute Gasteiger partial charge is 0.316 e. The number of ether oxygens (including phenoxy) is 1. The van der Waals surface area contributed by atoms with E-state index in [1.165, 1.54) is 5.69 Å². The van der Waals surface area contributed by atoms with Gasteiger partial charge in [0.1, 0.15) is 5.92 Å². The Balaban J connectivity index is 1.43. The number of carbonyl (C=O) groups is 1. The minimum Gasteiger partial charge on any atom is -0.465 e. The van der Waals surface area contributed by atoms with E-state index in [-0.39, 0.29) is 0 Å². The van der Waals surface area contributed by atoms with Crippen LogP contribution in [0.1, 0.15) is 12.8 Å². The van der Waals surface area contributed by atoms with Gasteiger partial charge >= 0.3 is 5.97 Å². The number of anilines is 1. The lowest BCUT2D eigenvalue weighted by atomic mass is 10.1. The van der Waals surface area contributed by atoms with Crippen molar-refractivity contribution < 1.29 is 14.5 Å². The number of rotatable bonds is 5. The molecule has 1 saturated heterocycles. The second-order valence-corrected chi connectivity index (χ2v) is 5.76. The summed E-state index contributed by atoms with van der Waals surface area (Å²) >= 11 is 0. The van der Waals surface area contributed by atoms with Gasteiger partial charge in [-0.25, -0.2) is 0 Å². The monoisotopic (exact) mass is 290 g/mol. The molecule has 3 rings (SSSR count). The Morgan fingerprint density at radius 2 is 2.14 bits per heavy atom. The van der Waals surface area contributed by atoms with Gasteiger partial charge in [-0.2, -0.15) is 0 Å². The molecule has 21 heavy (non-hydrogen) atoms. The number of hydrogen-bond donors (Lipinski definition) is 0. The highest BCUT2D eigenvalue weighted by molar-refractivity contribution is 5.76. The van der Waals surface area contributed by atoms with Crippen LogP contribution in [0.25, 0.3) is 0 Å².